The van der Waals surface area contributed by atoms with Gasteiger partial charge >= 0.3 is 0 Å². The van der Waals surface area contributed by atoms with Crippen molar-refractivity contribution in [2.45, 2.75) is 25.5 Å². The quantitative estimate of drug-likeness (QED) is 0.929. The molecule has 98 valence electrons. The third-order valence-electron chi connectivity index (χ3n) is 3.56. The zero-order valence-electron chi connectivity index (χ0n) is 10.6. The van der Waals surface area contributed by atoms with Crippen molar-refractivity contribution in [2.24, 2.45) is 5.73 Å². The fourth-order valence-corrected chi connectivity index (χ4v) is 2.73. The van der Waals surface area contributed by atoms with Crippen LogP contribution in [0.15, 0.2) is 46.9 Å². The van der Waals surface area contributed by atoms with Crippen LogP contribution in [0.2, 0.25) is 0 Å². The first-order valence-corrected chi connectivity index (χ1v) is 7.27. The number of nitrogens with two attached hydrogens (primary N) is 1. The number of ether oxygens (including phenoxy) is 1. The van der Waals surface area contributed by atoms with Gasteiger partial charge in [0.2, 0.25) is 0 Å². The van der Waals surface area contributed by atoms with Crippen LogP contribution in [0.3, 0.4) is 0 Å². The highest BCUT2D eigenvalue weighted by molar-refractivity contribution is 9.10. The largest absolute Gasteiger partial charge is 0.489 e. The van der Waals surface area contributed by atoms with Gasteiger partial charge in [-0.1, -0.05) is 34.1 Å². The Labute approximate surface area is 121 Å². The molecule has 19 heavy (non-hydrogen) atoms. The molecule has 2 N–H and O–H groups in total. The maximum Gasteiger partial charge on any atom is 0.120 e. The molecule has 1 atom stereocenters. The van der Waals surface area contributed by atoms with Crippen LogP contribution in [0, 0.1) is 0 Å². The molecular formula is C16H16BrNO. The summed E-state index contributed by atoms with van der Waals surface area (Å²) < 4.78 is 6.92. The summed E-state index contributed by atoms with van der Waals surface area (Å²) in [5.41, 5.74) is 9.81. The minimum Gasteiger partial charge on any atom is -0.489 e. The van der Waals surface area contributed by atoms with E-state index in [0.29, 0.717) is 6.61 Å². The fourth-order valence-electron chi connectivity index (χ4n) is 2.46. The molecule has 0 bridgehead atoms. The van der Waals surface area contributed by atoms with Crippen molar-refractivity contribution >= 4 is 15.9 Å². The maximum atomic E-state index is 6.03. The Bertz CT molecular complexity index is 580. The van der Waals surface area contributed by atoms with E-state index in [-0.39, 0.29) is 6.04 Å². The minimum atomic E-state index is 0.204. The van der Waals surface area contributed by atoms with E-state index >= 15 is 0 Å². The Morgan fingerprint density at radius 1 is 1.16 bits per heavy atom. The van der Waals surface area contributed by atoms with Crippen LogP contribution in [0.25, 0.3) is 0 Å². The second-order valence-electron chi connectivity index (χ2n) is 4.92. The Hall–Kier alpha value is -1.32. The number of halogens is 1. The van der Waals surface area contributed by atoms with Crippen molar-refractivity contribution in [3.63, 3.8) is 0 Å². The van der Waals surface area contributed by atoms with Gasteiger partial charge in [0.05, 0.1) is 0 Å². The van der Waals surface area contributed by atoms with Gasteiger partial charge in [0.15, 0.2) is 0 Å². The molecule has 0 fully saturated rings. The Morgan fingerprint density at radius 3 is 2.74 bits per heavy atom. The van der Waals surface area contributed by atoms with Gasteiger partial charge in [-0.25, -0.2) is 0 Å². The van der Waals surface area contributed by atoms with Crippen molar-refractivity contribution < 1.29 is 4.74 Å². The van der Waals surface area contributed by atoms with Crippen LogP contribution >= 0.6 is 15.9 Å². The van der Waals surface area contributed by atoms with Crippen LogP contribution in [0.5, 0.6) is 5.75 Å². The fraction of sp³-hybridized carbons (Fsp3) is 0.250. The number of fused-ring (bicyclic) bond motifs is 1. The smallest absolute Gasteiger partial charge is 0.120 e. The van der Waals surface area contributed by atoms with E-state index < -0.39 is 0 Å². The van der Waals surface area contributed by atoms with Crippen molar-refractivity contribution in [2.75, 3.05) is 0 Å². The molecule has 0 spiro atoms. The molecule has 3 heteroatoms. The predicted octanol–water partition coefficient (Wildman–Crippen LogP) is 3.97. The summed E-state index contributed by atoms with van der Waals surface area (Å²) in [7, 11) is 0. The monoisotopic (exact) mass is 317 g/mol. The molecule has 2 nitrogen and oxygen atoms in total. The Balaban J connectivity index is 1.69. The molecule has 2 aromatic rings. The number of aryl methyl sites for hydroxylation is 1. The number of benzene rings is 2. The average molecular weight is 318 g/mol. The number of hydrogen-bond donors (Lipinski definition) is 1. The molecular weight excluding hydrogens is 302 g/mol. The van der Waals surface area contributed by atoms with E-state index in [2.05, 4.69) is 40.2 Å². The molecule has 1 unspecified atom stereocenters. The van der Waals surface area contributed by atoms with E-state index in [9.17, 15) is 0 Å². The van der Waals surface area contributed by atoms with E-state index in [1.54, 1.807) is 0 Å². The van der Waals surface area contributed by atoms with Crippen molar-refractivity contribution in [3.05, 3.63) is 63.6 Å². The second-order valence-corrected chi connectivity index (χ2v) is 5.84. The molecule has 0 amide bonds. The molecule has 0 saturated carbocycles. The lowest BCUT2D eigenvalue weighted by Gasteiger charge is -2.09. The molecule has 1 aliphatic rings. The molecule has 0 saturated heterocycles. The highest BCUT2D eigenvalue weighted by Crippen LogP contribution is 2.32. The summed E-state index contributed by atoms with van der Waals surface area (Å²) in [5.74, 6) is 0.927. The van der Waals surface area contributed by atoms with Crippen LogP contribution < -0.4 is 10.5 Å². The molecule has 0 heterocycles. The molecule has 0 aliphatic heterocycles. The van der Waals surface area contributed by atoms with E-state index in [0.717, 1.165) is 23.1 Å². The first kappa shape index (κ1) is 12.7. The van der Waals surface area contributed by atoms with Crippen LogP contribution in [0.4, 0.5) is 0 Å². The first-order chi connectivity index (χ1) is 9.22. The van der Waals surface area contributed by atoms with Crippen LogP contribution in [0.1, 0.15) is 29.2 Å². The normalized spacial score (nSPS) is 17.3. The summed E-state index contributed by atoms with van der Waals surface area (Å²) in [6.45, 7) is 0.595. The van der Waals surface area contributed by atoms with Crippen LogP contribution in [-0.2, 0) is 13.0 Å². The van der Waals surface area contributed by atoms with Gasteiger partial charge in [0, 0.05) is 10.5 Å². The Kier molecular flexibility index (Phi) is 3.58. The summed E-state index contributed by atoms with van der Waals surface area (Å²) >= 11 is 3.43. The average Bonchev–Trinajstić information content (AvgIpc) is 2.79. The predicted molar refractivity (Wildman–Crippen MR) is 80.2 cm³/mol. The minimum absolute atomic E-state index is 0.204. The van der Waals surface area contributed by atoms with Gasteiger partial charge in [0.25, 0.3) is 0 Å². The van der Waals surface area contributed by atoms with Crippen molar-refractivity contribution in [3.8, 4) is 5.75 Å². The van der Waals surface area contributed by atoms with Crippen molar-refractivity contribution in [1.82, 2.24) is 0 Å². The second kappa shape index (κ2) is 5.35. The van der Waals surface area contributed by atoms with Crippen molar-refractivity contribution in [1.29, 1.82) is 0 Å². The standard InChI is InChI=1S/C16H16BrNO/c17-13-4-1-11(2-5-13)10-19-14-6-7-15-12(9-14)3-8-16(15)18/h1-2,4-7,9,16H,3,8,10,18H2. The topological polar surface area (TPSA) is 35.2 Å². The molecule has 0 radical (unpaired) electrons. The maximum absolute atomic E-state index is 6.03. The molecule has 2 aromatic carbocycles. The van der Waals surface area contributed by atoms with Gasteiger partial charge in [-0.15, -0.1) is 0 Å². The van der Waals surface area contributed by atoms with Gasteiger partial charge in [-0.3, -0.25) is 0 Å². The third kappa shape index (κ3) is 2.82. The lowest BCUT2D eigenvalue weighted by Crippen LogP contribution is -2.05. The first-order valence-electron chi connectivity index (χ1n) is 6.48. The zero-order chi connectivity index (χ0) is 13.2. The van der Waals surface area contributed by atoms with Gasteiger partial charge < -0.3 is 10.5 Å². The summed E-state index contributed by atoms with van der Waals surface area (Å²) in [4.78, 5) is 0. The van der Waals surface area contributed by atoms with Gasteiger partial charge in [-0.05, 0) is 53.8 Å². The Morgan fingerprint density at radius 2 is 1.95 bits per heavy atom. The summed E-state index contributed by atoms with van der Waals surface area (Å²) in [6.07, 6.45) is 2.11. The highest BCUT2D eigenvalue weighted by atomic mass is 79.9. The van der Waals surface area contributed by atoms with Gasteiger partial charge in [0.1, 0.15) is 12.4 Å². The van der Waals surface area contributed by atoms with E-state index in [4.69, 9.17) is 10.5 Å². The molecule has 0 aromatic heterocycles. The van der Waals surface area contributed by atoms with Gasteiger partial charge in [-0.2, -0.15) is 0 Å². The summed E-state index contributed by atoms with van der Waals surface area (Å²) in [5, 5.41) is 0. The SMILES string of the molecule is NC1CCc2cc(OCc3ccc(Br)cc3)ccc21. The van der Waals surface area contributed by atoms with Crippen LogP contribution in [-0.4, -0.2) is 0 Å². The lowest BCUT2D eigenvalue weighted by atomic mass is 10.1. The third-order valence-corrected chi connectivity index (χ3v) is 4.09. The summed E-state index contributed by atoms with van der Waals surface area (Å²) in [6, 6.07) is 14.6. The molecule has 1 aliphatic carbocycles. The van der Waals surface area contributed by atoms with E-state index in [1.165, 1.54) is 16.7 Å². The number of rotatable bonds is 3. The zero-order valence-corrected chi connectivity index (χ0v) is 12.2. The van der Waals surface area contributed by atoms with E-state index in [1.807, 2.05) is 18.2 Å². The number of hydrogen-bond acceptors (Lipinski definition) is 2. The molecule has 3 rings (SSSR count). The highest BCUT2D eigenvalue weighted by Gasteiger charge is 2.18. The lowest BCUT2D eigenvalue weighted by molar-refractivity contribution is 0.306.